The van der Waals surface area contributed by atoms with Crippen molar-refractivity contribution in [1.29, 1.82) is 0 Å². The Morgan fingerprint density at radius 3 is 2.63 bits per heavy atom. The first-order valence-corrected chi connectivity index (χ1v) is 6.19. The van der Waals surface area contributed by atoms with Gasteiger partial charge in [-0.25, -0.2) is 0 Å². The molecule has 0 saturated heterocycles. The third kappa shape index (κ3) is 3.55. The van der Waals surface area contributed by atoms with Crippen molar-refractivity contribution in [1.82, 2.24) is 10.3 Å². The summed E-state index contributed by atoms with van der Waals surface area (Å²) in [6.07, 6.45) is 3.72. The van der Waals surface area contributed by atoms with Gasteiger partial charge in [0.2, 0.25) is 5.91 Å². The Hall–Kier alpha value is -2.36. The van der Waals surface area contributed by atoms with Crippen LogP contribution < -0.4 is 11.1 Å². The van der Waals surface area contributed by atoms with Crippen LogP contribution in [-0.2, 0) is 11.2 Å². The number of nitrogens with two attached hydrogens (primary N) is 1. The molecule has 1 aromatic carbocycles. The van der Waals surface area contributed by atoms with Crippen LogP contribution in [0, 0.1) is 0 Å². The predicted molar refractivity (Wildman–Crippen MR) is 75.4 cm³/mol. The first-order chi connectivity index (χ1) is 9.16. The molecule has 3 N–H and O–H groups in total. The number of nitrogens with one attached hydrogen (secondary N) is 1. The molecule has 0 saturated carbocycles. The van der Waals surface area contributed by atoms with E-state index in [0.29, 0.717) is 12.1 Å². The highest BCUT2D eigenvalue weighted by Crippen LogP contribution is 2.13. The quantitative estimate of drug-likeness (QED) is 0.822. The lowest BCUT2D eigenvalue weighted by Gasteiger charge is -2.14. The summed E-state index contributed by atoms with van der Waals surface area (Å²) >= 11 is 0. The van der Waals surface area contributed by atoms with E-state index < -0.39 is 0 Å². The number of carbonyl (C=O) groups excluding carboxylic acids is 1. The normalized spacial score (nSPS) is 11.8. The molecule has 0 aliphatic carbocycles. The number of pyridine rings is 1. The molecule has 0 aliphatic rings. The fraction of sp³-hybridized carbons (Fsp3) is 0.200. The number of aromatic nitrogens is 1. The van der Waals surface area contributed by atoms with E-state index in [1.165, 1.54) is 0 Å². The molecular weight excluding hydrogens is 238 g/mol. The first-order valence-electron chi connectivity index (χ1n) is 6.19. The molecule has 98 valence electrons. The largest absolute Gasteiger partial charge is 0.398 e. The number of amides is 1. The highest BCUT2D eigenvalue weighted by atomic mass is 16.1. The molecule has 0 aliphatic heterocycles. The van der Waals surface area contributed by atoms with Crippen LogP contribution in [0.1, 0.15) is 24.1 Å². The van der Waals surface area contributed by atoms with E-state index in [2.05, 4.69) is 10.3 Å². The molecular formula is C15H17N3O. The number of nitrogen functional groups attached to an aromatic ring is 1. The van der Waals surface area contributed by atoms with Crippen LogP contribution >= 0.6 is 0 Å². The van der Waals surface area contributed by atoms with Gasteiger partial charge in [-0.05, 0) is 36.2 Å². The van der Waals surface area contributed by atoms with Crippen molar-refractivity contribution in [3.8, 4) is 0 Å². The summed E-state index contributed by atoms with van der Waals surface area (Å²) in [6, 6.07) is 11.1. The summed E-state index contributed by atoms with van der Waals surface area (Å²) in [6.45, 7) is 1.95. The third-order valence-electron chi connectivity index (χ3n) is 2.99. The van der Waals surface area contributed by atoms with E-state index in [1.807, 2.05) is 37.3 Å². The fourth-order valence-electron chi connectivity index (χ4n) is 1.90. The molecule has 1 heterocycles. The minimum atomic E-state index is -0.0413. The zero-order valence-corrected chi connectivity index (χ0v) is 10.8. The predicted octanol–water partition coefficient (Wildman–Crippen LogP) is 2.08. The van der Waals surface area contributed by atoms with Gasteiger partial charge in [0.1, 0.15) is 0 Å². The van der Waals surface area contributed by atoms with Gasteiger partial charge in [0.15, 0.2) is 0 Å². The summed E-state index contributed by atoms with van der Waals surface area (Å²) in [5.74, 6) is -0.0396. The Morgan fingerprint density at radius 1 is 1.26 bits per heavy atom. The van der Waals surface area contributed by atoms with Crippen molar-refractivity contribution in [3.05, 3.63) is 59.9 Å². The Balaban J connectivity index is 1.97. The highest BCUT2D eigenvalue weighted by molar-refractivity contribution is 5.80. The summed E-state index contributed by atoms with van der Waals surface area (Å²) < 4.78 is 0. The van der Waals surface area contributed by atoms with Crippen molar-refractivity contribution in [3.63, 3.8) is 0 Å². The minimum absolute atomic E-state index is 0.0396. The number of carbonyl (C=O) groups is 1. The van der Waals surface area contributed by atoms with Crippen molar-refractivity contribution in [2.24, 2.45) is 0 Å². The van der Waals surface area contributed by atoms with E-state index in [4.69, 9.17) is 5.73 Å². The van der Waals surface area contributed by atoms with Crippen molar-refractivity contribution in [2.45, 2.75) is 19.4 Å². The van der Waals surface area contributed by atoms with Gasteiger partial charge in [0, 0.05) is 18.1 Å². The average Bonchev–Trinajstić information content (AvgIpc) is 2.42. The number of hydrogen-bond acceptors (Lipinski definition) is 3. The van der Waals surface area contributed by atoms with Crippen LogP contribution in [0.25, 0.3) is 0 Å². The Bertz CT molecular complexity index is 554. The van der Waals surface area contributed by atoms with E-state index in [9.17, 15) is 4.79 Å². The molecule has 19 heavy (non-hydrogen) atoms. The molecule has 2 aromatic rings. The number of anilines is 1. The van der Waals surface area contributed by atoms with Crippen LogP contribution in [-0.4, -0.2) is 10.9 Å². The first kappa shape index (κ1) is 13.1. The maximum Gasteiger partial charge on any atom is 0.224 e. The van der Waals surface area contributed by atoms with Gasteiger partial charge in [-0.1, -0.05) is 18.2 Å². The molecule has 0 radical (unpaired) electrons. The molecule has 1 amide bonds. The molecule has 0 bridgehead atoms. The van der Waals surface area contributed by atoms with Gasteiger partial charge in [-0.3, -0.25) is 9.78 Å². The van der Waals surface area contributed by atoms with Gasteiger partial charge < -0.3 is 11.1 Å². The molecule has 2 rings (SSSR count). The van der Waals surface area contributed by atoms with Crippen LogP contribution in [0.2, 0.25) is 0 Å². The Kier molecular flexibility index (Phi) is 4.13. The second-order valence-corrected chi connectivity index (χ2v) is 4.45. The summed E-state index contributed by atoms with van der Waals surface area (Å²) in [4.78, 5) is 15.9. The van der Waals surface area contributed by atoms with Crippen LogP contribution in [0.4, 0.5) is 5.69 Å². The van der Waals surface area contributed by atoms with E-state index in [1.54, 1.807) is 18.5 Å². The molecule has 0 spiro atoms. The summed E-state index contributed by atoms with van der Waals surface area (Å²) in [5.41, 5.74) is 8.35. The van der Waals surface area contributed by atoms with E-state index >= 15 is 0 Å². The lowest BCUT2D eigenvalue weighted by atomic mass is 10.1. The number of rotatable bonds is 4. The van der Waals surface area contributed by atoms with Gasteiger partial charge >= 0.3 is 0 Å². The molecule has 0 fully saturated rings. The van der Waals surface area contributed by atoms with Crippen molar-refractivity contribution in [2.75, 3.05) is 5.73 Å². The zero-order chi connectivity index (χ0) is 13.7. The van der Waals surface area contributed by atoms with Gasteiger partial charge in [0.25, 0.3) is 0 Å². The standard InChI is InChI=1S/C15H17N3O/c1-11(12-6-8-17-9-7-12)18-15(19)10-13-4-2-3-5-14(13)16/h2-9,11H,10,16H2,1H3,(H,18,19). The number of hydrogen-bond donors (Lipinski definition) is 2. The Labute approximate surface area is 112 Å². The van der Waals surface area contributed by atoms with Gasteiger partial charge in [0.05, 0.1) is 12.5 Å². The smallest absolute Gasteiger partial charge is 0.224 e. The lowest BCUT2D eigenvalue weighted by Crippen LogP contribution is -2.28. The monoisotopic (exact) mass is 255 g/mol. The van der Waals surface area contributed by atoms with Crippen LogP contribution in [0.15, 0.2) is 48.8 Å². The second-order valence-electron chi connectivity index (χ2n) is 4.45. The van der Waals surface area contributed by atoms with Crippen molar-refractivity contribution >= 4 is 11.6 Å². The number of nitrogens with zero attached hydrogens (tertiary/aromatic N) is 1. The van der Waals surface area contributed by atoms with Gasteiger partial charge in [-0.2, -0.15) is 0 Å². The number of benzene rings is 1. The Morgan fingerprint density at radius 2 is 1.95 bits per heavy atom. The molecule has 1 aromatic heterocycles. The maximum atomic E-state index is 12.0. The zero-order valence-electron chi connectivity index (χ0n) is 10.8. The minimum Gasteiger partial charge on any atom is -0.398 e. The summed E-state index contributed by atoms with van der Waals surface area (Å²) in [7, 11) is 0. The molecule has 4 nitrogen and oxygen atoms in total. The van der Waals surface area contributed by atoms with Gasteiger partial charge in [-0.15, -0.1) is 0 Å². The second kappa shape index (κ2) is 6.00. The molecule has 1 atom stereocenters. The SMILES string of the molecule is CC(NC(=O)Cc1ccccc1N)c1ccncc1. The third-order valence-corrected chi connectivity index (χ3v) is 2.99. The van der Waals surface area contributed by atoms with Crippen molar-refractivity contribution < 1.29 is 4.79 Å². The number of para-hydroxylation sites is 1. The fourth-order valence-corrected chi connectivity index (χ4v) is 1.90. The lowest BCUT2D eigenvalue weighted by molar-refractivity contribution is -0.121. The van der Waals surface area contributed by atoms with Crippen LogP contribution in [0.5, 0.6) is 0 Å². The molecule has 1 unspecified atom stereocenters. The molecule has 4 heteroatoms. The highest BCUT2D eigenvalue weighted by Gasteiger charge is 2.10. The van der Waals surface area contributed by atoms with E-state index in [-0.39, 0.29) is 11.9 Å². The van der Waals surface area contributed by atoms with Crippen LogP contribution in [0.3, 0.4) is 0 Å². The summed E-state index contributed by atoms with van der Waals surface area (Å²) in [5, 5.41) is 2.95. The maximum absolute atomic E-state index is 12.0. The topological polar surface area (TPSA) is 68.0 Å². The van der Waals surface area contributed by atoms with E-state index in [0.717, 1.165) is 11.1 Å². The average molecular weight is 255 g/mol.